The molecule has 1 aliphatic rings. The van der Waals surface area contributed by atoms with E-state index in [1.807, 2.05) is 48.5 Å². The van der Waals surface area contributed by atoms with Crippen molar-refractivity contribution in [2.45, 2.75) is 63.8 Å². The molecule has 11 nitrogen and oxygen atoms in total. The molecule has 12 heteroatoms. The van der Waals surface area contributed by atoms with E-state index in [0.717, 1.165) is 22.3 Å². The van der Waals surface area contributed by atoms with Gasteiger partial charge in [-0.3, -0.25) is 14.4 Å². The first-order chi connectivity index (χ1) is 22.1. The maximum Gasteiger partial charge on any atom is 0.407 e. The van der Waals surface area contributed by atoms with E-state index in [0.29, 0.717) is 5.69 Å². The lowest BCUT2D eigenvalue weighted by Crippen LogP contribution is -2.56. The van der Waals surface area contributed by atoms with Crippen molar-refractivity contribution in [1.82, 2.24) is 20.9 Å². The zero-order chi connectivity index (χ0) is 33.2. The van der Waals surface area contributed by atoms with E-state index in [-0.39, 0.29) is 37.9 Å². The highest BCUT2D eigenvalue weighted by Gasteiger charge is 2.32. The standard InChI is InChI=1S/C34H40N4O7S/c1-5-14-44-30(40)16-29(39)31(20(2)3)38-32(41)21(4)36-33(42)28(15-22-18-46-19-35-22)37-34(43)45-17-27-25-12-8-6-10-23(25)24-11-7-9-13-26(24)27/h5-13,18-21,27-29,31,39H,1,14-17H2,2-4H3,(H,36,42)(H,37,43)(H,38,41)/t21-,28-,29+,31-/m1/s1. The number of nitrogens with one attached hydrogen (secondary N) is 3. The number of alkyl carbamates (subject to hydrolysis) is 1. The number of aliphatic hydroxyl groups is 1. The van der Waals surface area contributed by atoms with Gasteiger partial charge in [-0.1, -0.05) is 75.0 Å². The summed E-state index contributed by atoms with van der Waals surface area (Å²) in [7, 11) is 0. The summed E-state index contributed by atoms with van der Waals surface area (Å²) < 4.78 is 10.6. The van der Waals surface area contributed by atoms with Crippen LogP contribution in [-0.2, 0) is 30.3 Å². The topological polar surface area (TPSA) is 156 Å². The highest BCUT2D eigenvalue weighted by molar-refractivity contribution is 7.07. The molecule has 1 aromatic heterocycles. The molecule has 0 bridgehead atoms. The van der Waals surface area contributed by atoms with Crippen LogP contribution in [0.3, 0.4) is 0 Å². The first kappa shape index (κ1) is 34.3. The molecule has 0 aliphatic heterocycles. The summed E-state index contributed by atoms with van der Waals surface area (Å²) >= 11 is 1.35. The van der Waals surface area contributed by atoms with Crippen LogP contribution in [0.5, 0.6) is 0 Å². The Hall–Kier alpha value is -4.55. The van der Waals surface area contributed by atoms with Crippen molar-refractivity contribution < 1.29 is 33.8 Å². The summed E-state index contributed by atoms with van der Waals surface area (Å²) in [5, 5.41) is 20.4. The van der Waals surface area contributed by atoms with Gasteiger partial charge in [0.1, 0.15) is 25.3 Å². The number of carbonyl (C=O) groups is 4. The number of fused-ring (bicyclic) bond motifs is 3. The van der Waals surface area contributed by atoms with Crippen LogP contribution in [0.25, 0.3) is 11.1 Å². The maximum atomic E-state index is 13.4. The van der Waals surface area contributed by atoms with Crippen molar-refractivity contribution in [2.24, 2.45) is 5.92 Å². The molecule has 0 spiro atoms. The number of nitrogens with zero attached hydrogens (tertiary/aromatic N) is 1. The maximum absolute atomic E-state index is 13.4. The smallest absolute Gasteiger partial charge is 0.407 e. The van der Waals surface area contributed by atoms with Gasteiger partial charge in [-0.2, -0.15) is 0 Å². The minimum atomic E-state index is -1.21. The largest absolute Gasteiger partial charge is 0.461 e. The Bertz CT molecular complexity index is 1480. The van der Waals surface area contributed by atoms with Crippen molar-refractivity contribution in [2.75, 3.05) is 13.2 Å². The number of aliphatic hydroxyl groups excluding tert-OH is 1. The van der Waals surface area contributed by atoms with E-state index in [4.69, 9.17) is 9.47 Å². The van der Waals surface area contributed by atoms with Gasteiger partial charge in [0, 0.05) is 17.7 Å². The molecule has 0 saturated carbocycles. The molecule has 0 fully saturated rings. The van der Waals surface area contributed by atoms with Crippen molar-refractivity contribution in [3.8, 4) is 11.1 Å². The number of amides is 3. The minimum Gasteiger partial charge on any atom is -0.461 e. The molecule has 4 N–H and O–H groups in total. The number of aromatic nitrogens is 1. The highest BCUT2D eigenvalue weighted by atomic mass is 32.1. The van der Waals surface area contributed by atoms with E-state index in [2.05, 4.69) is 27.5 Å². The molecule has 3 amide bonds. The molecule has 0 unspecified atom stereocenters. The third-order valence-electron chi connectivity index (χ3n) is 7.78. The first-order valence-corrected chi connectivity index (χ1v) is 16.1. The molecule has 46 heavy (non-hydrogen) atoms. The molecule has 0 radical (unpaired) electrons. The minimum absolute atomic E-state index is 0.0134. The first-order valence-electron chi connectivity index (χ1n) is 15.1. The zero-order valence-corrected chi connectivity index (χ0v) is 26.9. The lowest BCUT2D eigenvalue weighted by molar-refractivity contribution is -0.145. The normalized spacial score (nSPS) is 14.6. The number of hydrogen-bond acceptors (Lipinski definition) is 9. The third kappa shape index (κ3) is 8.79. The number of hydrogen-bond donors (Lipinski definition) is 4. The number of benzene rings is 2. The van der Waals surface area contributed by atoms with Gasteiger partial charge >= 0.3 is 12.1 Å². The van der Waals surface area contributed by atoms with E-state index in [9.17, 15) is 24.3 Å². The van der Waals surface area contributed by atoms with Gasteiger partial charge in [0.2, 0.25) is 11.8 Å². The van der Waals surface area contributed by atoms with E-state index in [1.54, 1.807) is 24.7 Å². The predicted molar refractivity (Wildman–Crippen MR) is 174 cm³/mol. The van der Waals surface area contributed by atoms with Gasteiger partial charge in [-0.25, -0.2) is 9.78 Å². The fourth-order valence-electron chi connectivity index (χ4n) is 5.42. The predicted octanol–water partition coefficient (Wildman–Crippen LogP) is 3.72. The number of ether oxygens (including phenoxy) is 2. The Labute approximate surface area is 272 Å². The molecule has 0 saturated heterocycles. The van der Waals surface area contributed by atoms with Crippen LogP contribution in [0.15, 0.2) is 72.1 Å². The molecule has 244 valence electrons. The van der Waals surface area contributed by atoms with E-state index < -0.39 is 48.1 Å². The Morgan fingerprint density at radius 3 is 2.20 bits per heavy atom. The second-order valence-electron chi connectivity index (χ2n) is 11.5. The van der Waals surface area contributed by atoms with Gasteiger partial charge in [0.25, 0.3) is 0 Å². The average molecular weight is 649 g/mol. The van der Waals surface area contributed by atoms with Crippen molar-refractivity contribution >= 4 is 35.2 Å². The Morgan fingerprint density at radius 1 is 0.957 bits per heavy atom. The summed E-state index contributed by atoms with van der Waals surface area (Å²) in [5.41, 5.74) is 6.53. The summed E-state index contributed by atoms with van der Waals surface area (Å²) in [5.74, 6) is -2.20. The van der Waals surface area contributed by atoms with Crippen molar-refractivity contribution in [1.29, 1.82) is 0 Å². The fourth-order valence-corrected chi connectivity index (χ4v) is 5.99. The van der Waals surface area contributed by atoms with E-state index in [1.165, 1.54) is 24.3 Å². The summed E-state index contributed by atoms with van der Waals surface area (Å²) in [6, 6.07) is 13.1. The Kier molecular flexibility index (Phi) is 12.0. The SMILES string of the molecule is C=CCOC(=O)C[C@H](O)[C@H](NC(=O)[C@@H](C)NC(=O)[C@@H](Cc1cscn1)NC(=O)OCC1c2ccccc2-c2ccccc21)C(C)C. The average Bonchev–Trinajstić information content (AvgIpc) is 3.66. The molecular weight excluding hydrogens is 608 g/mol. The fraction of sp³-hybridized carbons (Fsp3) is 0.382. The molecular formula is C34H40N4O7S. The van der Waals surface area contributed by atoms with Gasteiger partial charge in [0.15, 0.2) is 0 Å². The molecule has 1 aliphatic carbocycles. The molecule has 1 heterocycles. The number of rotatable bonds is 15. The molecule has 4 rings (SSSR count). The lowest BCUT2D eigenvalue weighted by Gasteiger charge is -2.29. The van der Waals surface area contributed by atoms with Crippen LogP contribution in [0, 0.1) is 5.92 Å². The van der Waals surface area contributed by atoms with Crippen LogP contribution in [0.2, 0.25) is 0 Å². The number of thiazole rings is 1. The van der Waals surface area contributed by atoms with Crippen LogP contribution >= 0.6 is 11.3 Å². The van der Waals surface area contributed by atoms with Crippen LogP contribution in [0.1, 0.15) is 49.9 Å². The van der Waals surface area contributed by atoms with Crippen molar-refractivity contribution in [3.63, 3.8) is 0 Å². The van der Waals surface area contributed by atoms with E-state index >= 15 is 0 Å². The van der Waals surface area contributed by atoms with Crippen LogP contribution in [0.4, 0.5) is 4.79 Å². The highest BCUT2D eigenvalue weighted by Crippen LogP contribution is 2.44. The summed E-state index contributed by atoms with van der Waals surface area (Å²) in [4.78, 5) is 55.8. The van der Waals surface area contributed by atoms with Crippen LogP contribution in [-0.4, -0.2) is 71.4 Å². The monoisotopic (exact) mass is 648 g/mol. The second kappa shape index (κ2) is 16.1. The Balaban J connectivity index is 1.37. The van der Waals surface area contributed by atoms with Gasteiger partial charge < -0.3 is 30.5 Å². The van der Waals surface area contributed by atoms with Gasteiger partial charge in [-0.15, -0.1) is 11.3 Å². The van der Waals surface area contributed by atoms with Crippen LogP contribution < -0.4 is 16.0 Å². The third-order valence-corrected chi connectivity index (χ3v) is 8.42. The van der Waals surface area contributed by atoms with Gasteiger partial charge in [-0.05, 0) is 35.1 Å². The zero-order valence-electron chi connectivity index (χ0n) is 26.1. The lowest BCUT2D eigenvalue weighted by atomic mass is 9.96. The van der Waals surface area contributed by atoms with Crippen molar-refractivity contribution in [3.05, 3.63) is 88.9 Å². The molecule has 3 aromatic rings. The summed E-state index contributed by atoms with van der Waals surface area (Å²) in [6.07, 6.45) is -0.816. The molecule has 2 aromatic carbocycles. The summed E-state index contributed by atoms with van der Waals surface area (Å²) in [6.45, 7) is 8.63. The number of esters is 1. The van der Waals surface area contributed by atoms with Gasteiger partial charge in [0.05, 0.1) is 29.8 Å². The quantitative estimate of drug-likeness (QED) is 0.144. The Morgan fingerprint density at radius 2 is 1.61 bits per heavy atom. The second-order valence-corrected chi connectivity index (χ2v) is 12.2. The number of carbonyl (C=O) groups excluding carboxylic acids is 4. The molecule has 4 atom stereocenters.